The van der Waals surface area contributed by atoms with Crippen molar-refractivity contribution in [3.05, 3.63) is 41.0 Å². The highest BCUT2D eigenvalue weighted by molar-refractivity contribution is 7.89. The molecule has 3 rings (SSSR count). The summed E-state index contributed by atoms with van der Waals surface area (Å²) in [6, 6.07) is 5.45. The van der Waals surface area contributed by atoms with Crippen molar-refractivity contribution >= 4 is 33.5 Å². The highest BCUT2D eigenvalue weighted by atomic mass is 32.2. The number of hydrogen-bond donors (Lipinski definition) is 3. The number of hydrogen-bond acceptors (Lipinski definition) is 6. The highest BCUT2D eigenvalue weighted by Gasteiger charge is 2.47. The molecule has 3 amide bonds. The van der Waals surface area contributed by atoms with Crippen LogP contribution in [0.3, 0.4) is 0 Å². The van der Waals surface area contributed by atoms with Gasteiger partial charge in [-0.15, -0.1) is 0 Å². The number of likely N-dealkylation sites (tertiary alicyclic amines) is 1. The molecule has 1 aromatic rings. The van der Waals surface area contributed by atoms with Crippen molar-refractivity contribution in [2.75, 3.05) is 46.0 Å². The molecule has 0 radical (unpaired) electrons. The van der Waals surface area contributed by atoms with Gasteiger partial charge in [-0.25, -0.2) is 18.7 Å². The van der Waals surface area contributed by atoms with Gasteiger partial charge in [0.2, 0.25) is 10.0 Å². The molecule has 0 saturated carbocycles. The Morgan fingerprint density at radius 2 is 1.80 bits per heavy atom. The van der Waals surface area contributed by atoms with Crippen LogP contribution >= 0.6 is 0 Å². The van der Waals surface area contributed by atoms with Crippen LogP contribution in [0.2, 0.25) is 0 Å². The SMILES string of the molecule is Cc1cc(C(=O)N(C)C)ccc1C1=CCN(S(=O)(=O)CC2(C(=O)NO)CCN(C(=O)O)CC2)CC1. The maximum atomic E-state index is 13.3. The van der Waals surface area contributed by atoms with E-state index in [1.807, 2.05) is 25.1 Å². The van der Waals surface area contributed by atoms with Gasteiger partial charge in [-0.05, 0) is 55.0 Å². The summed E-state index contributed by atoms with van der Waals surface area (Å²) in [6.45, 7) is 2.28. The topological polar surface area (TPSA) is 148 Å². The first-order valence-electron chi connectivity index (χ1n) is 11.3. The molecule has 2 heterocycles. The molecule has 0 bridgehead atoms. The van der Waals surface area contributed by atoms with Crippen LogP contribution in [0, 0.1) is 12.3 Å². The number of carboxylic acid groups (broad SMARTS) is 1. The fourth-order valence-electron chi connectivity index (χ4n) is 4.68. The number of amides is 3. The molecule has 1 fully saturated rings. The summed E-state index contributed by atoms with van der Waals surface area (Å²) in [5.74, 6) is -1.42. The minimum absolute atomic E-state index is 0.00291. The van der Waals surface area contributed by atoms with Crippen molar-refractivity contribution in [3.8, 4) is 0 Å². The summed E-state index contributed by atoms with van der Waals surface area (Å²) < 4.78 is 27.8. The Labute approximate surface area is 205 Å². The van der Waals surface area contributed by atoms with Crippen molar-refractivity contribution < 1.29 is 33.1 Å². The smallest absolute Gasteiger partial charge is 0.407 e. The number of carbonyl (C=O) groups excluding carboxylic acids is 2. The second-order valence-electron chi connectivity index (χ2n) is 9.31. The summed E-state index contributed by atoms with van der Waals surface area (Å²) in [7, 11) is -0.500. The monoisotopic (exact) mass is 508 g/mol. The van der Waals surface area contributed by atoms with Crippen LogP contribution in [-0.2, 0) is 14.8 Å². The number of benzene rings is 1. The van der Waals surface area contributed by atoms with Gasteiger partial charge < -0.3 is 14.9 Å². The Morgan fingerprint density at radius 3 is 2.29 bits per heavy atom. The molecule has 0 unspecified atom stereocenters. The van der Waals surface area contributed by atoms with Crippen molar-refractivity contribution in [2.24, 2.45) is 5.41 Å². The fourth-order valence-corrected chi connectivity index (χ4v) is 6.66. The van der Waals surface area contributed by atoms with E-state index in [0.717, 1.165) is 21.6 Å². The summed E-state index contributed by atoms with van der Waals surface area (Å²) in [5.41, 5.74) is 3.60. The second kappa shape index (κ2) is 10.3. The van der Waals surface area contributed by atoms with Gasteiger partial charge in [0, 0.05) is 45.8 Å². The predicted molar refractivity (Wildman–Crippen MR) is 128 cm³/mol. The highest BCUT2D eigenvalue weighted by Crippen LogP contribution is 2.35. The van der Waals surface area contributed by atoms with E-state index in [-0.39, 0.29) is 44.9 Å². The maximum Gasteiger partial charge on any atom is 0.407 e. The van der Waals surface area contributed by atoms with Gasteiger partial charge >= 0.3 is 6.09 Å². The molecular formula is C23H32N4O7S. The molecule has 2 aliphatic heterocycles. The maximum absolute atomic E-state index is 13.3. The van der Waals surface area contributed by atoms with Crippen LogP contribution in [-0.4, -0.2) is 96.8 Å². The third-order valence-corrected chi connectivity index (χ3v) is 8.86. The molecule has 3 N–H and O–H groups in total. The molecule has 2 aliphatic rings. The normalized spacial score (nSPS) is 18.5. The van der Waals surface area contributed by atoms with Crippen LogP contribution in [0.25, 0.3) is 5.57 Å². The number of nitrogens with one attached hydrogen (secondary N) is 1. The van der Waals surface area contributed by atoms with E-state index >= 15 is 0 Å². The lowest BCUT2D eigenvalue weighted by molar-refractivity contribution is -0.141. The molecule has 35 heavy (non-hydrogen) atoms. The zero-order valence-electron chi connectivity index (χ0n) is 20.2. The first-order chi connectivity index (χ1) is 16.4. The van der Waals surface area contributed by atoms with Crippen LogP contribution in [0.15, 0.2) is 24.3 Å². The zero-order valence-corrected chi connectivity index (χ0v) is 21.0. The lowest BCUT2D eigenvalue weighted by atomic mass is 9.79. The van der Waals surface area contributed by atoms with Crippen LogP contribution in [0.5, 0.6) is 0 Å². The van der Waals surface area contributed by atoms with Crippen LogP contribution < -0.4 is 5.48 Å². The number of rotatable bonds is 6. The molecule has 11 nitrogen and oxygen atoms in total. The van der Waals surface area contributed by atoms with E-state index in [9.17, 15) is 28.0 Å². The van der Waals surface area contributed by atoms with Crippen molar-refractivity contribution in [1.82, 2.24) is 19.6 Å². The lowest BCUT2D eigenvalue weighted by Gasteiger charge is -2.40. The van der Waals surface area contributed by atoms with Crippen molar-refractivity contribution in [2.45, 2.75) is 26.2 Å². The predicted octanol–water partition coefficient (Wildman–Crippen LogP) is 1.38. The van der Waals surface area contributed by atoms with Gasteiger partial charge in [0.15, 0.2) is 0 Å². The van der Waals surface area contributed by atoms with Gasteiger partial charge in [-0.2, -0.15) is 4.31 Å². The van der Waals surface area contributed by atoms with Crippen molar-refractivity contribution in [3.63, 3.8) is 0 Å². The Bertz CT molecular complexity index is 1140. The standard InChI is InChI=1S/C23H32N4O7S/c1-16-14-18(20(28)25(2)3)4-5-19(16)17-6-10-27(11-7-17)35(33,34)15-23(21(29)24-32)8-12-26(13-9-23)22(30)31/h4-6,14,32H,7-13,15H2,1-3H3,(H,24,29)(H,30,31). The summed E-state index contributed by atoms with van der Waals surface area (Å²) in [4.78, 5) is 38.5. The molecule has 0 atom stereocenters. The molecule has 0 aromatic heterocycles. The Balaban J connectivity index is 1.75. The van der Waals surface area contributed by atoms with E-state index < -0.39 is 33.2 Å². The molecule has 0 aliphatic carbocycles. The van der Waals surface area contributed by atoms with Gasteiger partial charge in [-0.3, -0.25) is 14.8 Å². The van der Waals surface area contributed by atoms with E-state index in [0.29, 0.717) is 12.0 Å². The van der Waals surface area contributed by atoms with Gasteiger partial charge in [0.05, 0.1) is 11.2 Å². The van der Waals surface area contributed by atoms with Gasteiger partial charge in [-0.1, -0.05) is 12.1 Å². The minimum Gasteiger partial charge on any atom is -0.465 e. The second-order valence-corrected chi connectivity index (χ2v) is 11.3. The lowest BCUT2D eigenvalue weighted by Crippen LogP contribution is -2.54. The Morgan fingerprint density at radius 1 is 1.14 bits per heavy atom. The third-order valence-electron chi connectivity index (χ3n) is 6.82. The van der Waals surface area contributed by atoms with E-state index in [4.69, 9.17) is 5.11 Å². The number of carbonyl (C=O) groups is 3. The molecule has 1 saturated heterocycles. The Kier molecular flexibility index (Phi) is 7.87. The first-order valence-corrected chi connectivity index (χ1v) is 12.9. The summed E-state index contributed by atoms with van der Waals surface area (Å²) in [5, 5.41) is 18.4. The molecular weight excluding hydrogens is 476 g/mol. The van der Waals surface area contributed by atoms with Crippen LogP contribution in [0.4, 0.5) is 4.79 Å². The molecule has 0 spiro atoms. The number of aryl methyl sites for hydroxylation is 1. The van der Waals surface area contributed by atoms with Crippen molar-refractivity contribution in [1.29, 1.82) is 0 Å². The Hall–Kier alpha value is -2.96. The molecule has 1 aromatic carbocycles. The number of sulfonamides is 1. The first kappa shape index (κ1) is 26.6. The third kappa shape index (κ3) is 5.65. The number of hydroxylamine groups is 1. The van der Waals surface area contributed by atoms with Gasteiger partial charge in [0.25, 0.3) is 11.8 Å². The minimum atomic E-state index is -3.88. The molecule has 12 heteroatoms. The van der Waals surface area contributed by atoms with Gasteiger partial charge in [0.1, 0.15) is 0 Å². The summed E-state index contributed by atoms with van der Waals surface area (Å²) >= 11 is 0. The van der Waals surface area contributed by atoms with Crippen LogP contribution in [0.1, 0.15) is 40.7 Å². The number of nitrogens with zero attached hydrogens (tertiary/aromatic N) is 3. The average molecular weight is 509 g/mol. The average Bonchev–Trinajstić information content (AvgIpc) is 2.83. The van der Waals surface area contributed by atoms with E-state index in [1.54, 1.807) is 25.6 Å². The fraction of sp³-hybridized carbons (Fsp3) is 0.522. The summed E-state index contributed by atoms with van der Waals surface area (Å²) in [6.07, 6.45) is 1.16. The molecule has 192 valence electrons. The largest absolute Gasteiger partial charge is 0.465 e. The van der Waals surface area contributed by atoms with E-state index in [1.165, 1.54) is 9.21 Å². The number of piperidine rings is 1. The quantitative estimate of drug-likeness (QED) is 0.388. The van der Waals surface area contributed by atoms with E-state index in [2.05, 4.69) is 0 Å². The zero-order chi connectivity index (χ0) is 26.0.